The highest BCUT2D eigenvalue weighted by atomic mass is 32.2. The van der Waals surface area contributed by atoms with E-state index in [4.69, 9.17) is 5.84 Å². The SMILES string of the molecule is CCCn1c(SC(C)C(C)C(=O)NN)n[nH]c1=O. The summed E-state index contributed by atoms with van der Waals surface area (Å²) in [5.41, 5.74) is 1.91. The van der Waals surface area contributed by atoms with Gasteiger partial charge in [-0.05, 0) is 6.42 Å². The van der Waals surface area contributed by atoms with Crippen molar-refractivity contribution >= 4 is 17.7 Å². The summed E-state index contributed by atoms with van der Waals surface area (Å²) in [7, 11) is 0. The number of nitrogens with zero attached hydrogens (tertiary/aromatic N) is 2. The third-order valence-electron chi connectivity index (χ3n) is 2.72. The Labute approximate surface area is 109 Å². The number of nitrogens with one attached hydrogen (secondary N) is 2. The maximum absolute atomic E-state index is 11.5. The topological polar surface area (TPSA) is 106 Å². The van der Waals surface area contributed by atoms with Crippen molar-refractivity contribution in [1.82, 2.24) is 20.2 Å². The van der Waals surface area contributed by atoms with Crippen LogP contribution in [0.25, 0.3) is 0 Å². The zero-order valence-corrected chi connectivity index (χ0v) is 11.6. The Morgan fingerprint density at radius 2 is 2.28 bits per heavy atom. The standard InChI is InChI=1S/C10H19N5O2S/c1-4-5-15-9(17)13-14-10(15)18-7(3)6(2)8(16)12-11/h6-7H,4-5,11H2,1-3H3,(H,12,16)(H,13,17). The molecule has 2 atom stereocenters. The minimum atomic E-state index is -0.262. The van der Waals surface area contributed by atoms with E-state index in [1.807, 2.05) is 13.8 Å². The smallest absolute Gasteiger partial charge is 0.294 e. The van der Waals surface area contributed by atoms with Crippen LogP contribution in [0.3, 0.4) is 0 Å². The van der Waals surface area contributed by atoms with Gasteiger partial charge < -0.3 is 0 Å². The van der Waals surface area contributed by atoms with Gasteiger partial charge in [-0.1, -0.05) is 32.5 Å². The molecule has 4 N–H and O–H groups in total. The van der Waals surface area contributed by atoms with E-state index >= 15 is 0 Å². The number of hydrazine groups is 1. The number of hydrogen-bond acceptors (Lipinski definition) is 5. The van der Waals surface area contributed by atoms with Gasteiger partial charge in [0.1, 0.15) is 0 Å². The maximum Gasteiger partial charge on any atom is 0.343 e. The molecule has 1 rings (SSSR count). The van der Waals surface area contributed by atoms with Gasteiger partial charge in [-0.2, -0.15) is 0 Å². The summed E-state index contributed by atoms with van der Waals surface area (Å²) in [5.74, 6) is 4.61. The molecule has 1 amide bonds. The summed E-state index contributed by atoms with van der Waals surface area (Å²) in [6.07, 6.45) is 0.847. The molecule has 0 saturated carbocycles. The molecule has 1 heterocycles. The van der Waals surface area contributed by atoms with Gasteiger partial charge in [0.2, 0.25) is 5.91 Å². The van der Waals surface area contributed by atoms with Crippen molar-refractivity contribution in [2.45, 2.75) is 44.1 Å². The number of hydrogen-bond donors (Lipinski definition) is 3. The first kappa shape index (κ1) is 14.8. The van der Waals surface area contributed by atoms with E-state index in [0.717, 1.165) is 6.42 Å². The quantitative estimate of drug-likeness (QED) is 0.295. The maximum atomic E-state index is 11.5. The van der Waals surface area contributed by atoms with Gasteiger partial charge in [0, 0.05) is 17.7 Å². The highest BCUT2D eigenvalue weighted by Crippen LogP contribution is 2.25. The minimum Gasteiger partial charge on any atom is -0.294 e. The van der Waals surface area contributed by atoms with Crippen LogP contribution in [0.5, 0.6) is 0 Å². The van der Waals surface area contributed by atoms with Gasteiger partial charge in [0.05, 0.1) is 0 Å². The van der Waals surface area contributed by atoms with E-state index in [0.29, 0.717) is 11.7 Å². The van der Waals surface area contributed by atoms with Crippen molar-refractivity contribution in [3.8, 4) is 0 Å². The molecule has 1 aromatic rings. The van der Waals surface area contributed by atoms with Crippen LogP contribution in [0.1, 0.15) is 27.2 Å². The molecular formula is C10H19N5O2S. The van der Waals surface area contributed by atoms with E-state index in [-0.39, 0.29) is 22.8 Å². The van der Waals surface area contributed by atoms with Crippen molar-refractivity contribution in [2.75, 3.05) is 0 Å². The minimum absolute atomic E-state index is 0.0284. The number of aromatic amines is 1. The fourth-order valence-corrected chi connectivity index (χ4v) is 2.49. The molecule has 0 bridgehead atoms. The number of H-pyrrole nitrogens is 1. The van der Waals surface area contributed by atoms with Crippen LogP contribution >= 0.6 is 11.8 Å². The lowest BCUT2D eigenvalue weighted by Crippen LogP contribution is -2.38. The van der Waals surface area contributed by atoms with Crippen molar-refractivity contribution < 1.29 is 4.79 Å². The molecular weight excluding hydrogens is 254 g/mol. The van der Waals surface area contributed by atoms with Crippen LogP contribution in [0.2, 0.25) is 0 Å². The van der Waals surface area contributed by atoms with Crippen LogP contribution in [-0.4, -0.2) is 25.9 Å². The fourth-order valence-electron chi connectivity index (χ4n) is 1.43. The molecule has 0 aliphatic rings. The van der Waals surface area contributed by atoms with Crippen LogP contribution in [0, 0.1) is 5.92 Å². The van der Waals surface area contributed by atoms with Gasteiger partial charge in [0.15, 0.2) is 5.16 Å². The number of rotatable bonds is 6. The van der Waals surface area contributed by atoms with Gasteiger partial charge >= 0.3 is 5.69 Å². The molecule has 0 radical (unpaired) electrons. The molecule has 0 fully saturated rings. The monoisotopic (exact) mass is 273 g/mol. The molecule has 7 nitrogen and oxygen atoms in total. The van der Waals surface area contributed by atoms with E-state index in [1.54, 1.807) is 11.5 Å². The third-order valence-corrected chi connectivity index (χ3v) is 4.02. The molecule has 1 aromatic heterocycles. The second-order valence-corrected chi connectivity index (χ2v) is 5.43. The number of thioether (sulfide) groups is 1. The third kappa shape index (κ3) is 3.36. The molecule has 0 aliphatic heterocycles. The van der Waals surface area contributed by atoms with E-state index in [1.165, 1.54) is 11.8 Å². The number of aromatic nitrogens is 3. The van der Waals surface area contributed by atoms with Gasteiger partial charge in [-0.25, -0.2) is 15.7 Å². The number of nitrogens with two attached hydrogens (primary N) is 1. The second kappa shape index (κ2) is 6.60. The van der Waals surface area contributed by atoms with E-state index in [2.05, 4.69) is 15.6 Å². The average Bonchev–Trinajstić information content (AvgIpc) is 2.70. The van der Waals surface area contributed by atoms with Crippen molar-refractivity contribution in [2.24, 2.45) is 11.8 Å². The molecule has 0 saturated heterocycles. The molecule has 2 unspecified atom stereocenters. The summed E-state index contributed by atoms with van der Waals surface area (Å²) in [6.45, 7) is 6.29. The van der Waals surface area contributed by atoms with Gasteiger partial charge in [-0.15, -0.1) is 5.10 Å². The van der Waals surface area contributed by atoms with Crippen LogP contribution in [-0.2, 0) is 11.3 Å². The van der Waals surface area contributed by atoms with E-state index < -0.39 is 0 Å². The molecule has 18 heavy (non-hydrogen) atoms. The Hall–Kier alpha value is -1.28. The van der Waals surface area contributed by atoms with Crippen molar-refractivity contribution in [3.63, 3.8) is 0 Å². The van der Waals surface area contributed by atoms with E-state index in [9.17, 15) is 9.59 Å². The molecule has 102 valence electrons. The largest absolute Gasteiger partial charge is 0.343 e. The summed E-state index contributed by atoms with van der Waals surface area (Å²) < 4.78 is 1.58. The first-order valence-electron chi connectivity index (χ1n) is 5.83. The summed E-state index contributed by atoms with van der Waals surface area (Å²) in [6, 6.07) is 0. The molecule has 0 spiro atoms. The highest BCUT2D eigenvalue weighted by Gasteiger charge is 2.22. The predicted molar refractivity (Wildman–Crippen MR) is 70.0 cm³/mol. The lowest BCUT2D eigenvalue weighted by Gasteiger charge is -2.17. The normalized spacial score (nSPS) is 14.2. The van der Waals surface area contributed by atoms with Crippen molar-refractivity contribution in [1.29, 1.82) is 0 Å². The predicted octanol–water partition coefficient (Wildman–Crippen LogP) is 0.0880. The lowest BCUT2D eigenvalue weighted by molar-refractivity contribution is -0.124. The molecule has 0 aromatic carbocycles. The Bertz CT molecular complexity index is 455. The Balaban J connectivity index is 2.78. The first-order chi connectivity index (χ1) is 8.51. The summed E-state index contributed by atoms with van der Waals surface area (Å²) in [5, 5.41) is 6.96. The number of amides is 1. The molecule has 8 heteroatoms. The summed E-state index contributed by atoms with van der Waals surface area (Å²) >= 11 is 1.39. The van der Waals surface area contributed by atoms with Gasteiger partial charge in [0.25, 0.3) is 0 Å². The van der Waals surface area contributed by atoms with Crippen LogP contribution < -0.4 is 17.0 Å². The summed E-state index contributed by atoms with van der Waals surface area (Å²) in [4.78, 5) is 22.9. The second-order valence-electron chi connectivity index (χ2n) is 4.08. The molecule has 0 aliphatic carbocycles. The van der Waals surface area contributed by atoms with Crippen molar-refractivity contribution in [3.05, 3.63) is 10.5 Å². The van der Waals surface area contributed by atoms with Crippen LogP contribution in [0.15, 0.2) is 9.95 Å². The first-order valence-corrected chi connectivity index (χ1v) is 6.71. The fraction of sp³-hybridized carbons (Fsp3) is 0.700. The zero-order chi connectivity index (χ0) is 13.7. The highest BCUT2D eigenvalue weighted by molar-refractivity contribution is 7.99. The average molecular weight is 273 g/mol. The van der Waals surface area contributed by atoms with Gasteiger partial charge in [-0.3, -0.25) is 14.8 Å². The Morgan fingerprint density at radius 1 is 1.61 bits per heavy atom. The Kier molecular flexibility index (Phi) is 5.42. The number of carbonyl (C=O) groups is 1. The number of carbonyl (C=O) groups excluding carboxylic acids is 1. The zero-order valence-electron chi connectivity index (χ0n) is 10.8. The van der Waals surface area contributed by atoms with Crippen LogP contribution in [0.4, 0.5) is 0 Å². The lowest BCUT2D eigenvalue weighted by atomic mass is 10.1. The Morgan fingerprint density at radius 3 is 2.83 bits per heavy atom.